The highest BCUT2D eigenvalue weighted by Gasteiger charge is 2.13. The van der Waals surface area contributed by atoms with Crippen LogP contribution in [0.15, 0.2) is 12.1 Å². The third-order valence-corrected chi connectivity index (χ3v) is 2.53. The first-order chi connectivity index (χ1) is 7.93. The van der Waals surface area contributed by atoms with Crippen molar-refractivity contribution in [3.8, 4) is 0 Å². The maximum absolute atomic E-state index is 11.5. The van der Waals surface area contributed by atoms with Crippen molar-refractivity contribution in [2.45, 2.75) is 20.3 Å². The molecule has 0 aliphatic carbocycles. The van der Waals surface area contributed by atoms with Gasteiger partial charge in [0.1, 0.15) is 6.42 Å². The van der Waals surface area contributed by atoms with Gasteiger partial charge in [0.25, 0.3) is 0 Å². The molecular weight excluding hydrogens is 242 g/mol. The van der Waals surface area contributed by atoms with Crippen LogP contribution in [-0.4, -0.2) is 19.0 Å². The van der Waals surface area contributed by atoms with Gasteiger partial charge in [-0.2, -0.15) is 0 Å². The van der Waals surface area contributed by atoms with Crippen LogP contribution in [-0.2, 0) is 14.3 Å². The van der Waals surface area contributed by atoms with E-state index in [4.69, 9.17) is 11.6 Å². The summed E-state index contributed by atoms with van der Waals surface area (Å²) in [5.74, 6) is -1.02. The Morgan fingerprint density at radius 1 is 1.35 bits per heavy atom. The third-order valence-electron chi connectivity index (χ3n) is 2.23. The number of hydrogen-bond acceptors (Lipinski definition) is 3. The van der Waals surface area contributed by atoms with Crippen LogP contribution < -0.4 is 5.32 Å². The van der Waals surface area contributed by atoms with E-state index in [1.54, 1.807) is 6.07 Å². The summed E-state index contributed by atoms with van der Waals surface area (Å²) >= 11 is 6.02. The fraction of sp³-hybridized carbons (Fsp3) is 0.333. The normalized spacial score (nSPS) is 9.88. The van der Waals surface area contributed by atoms with Gasteiger partial charge >= 0.3 is 5.97 Å². The van der Waals surface area contributed by atoms with Crippen molar-refractivity contribution in [2.75, 3.05) is 12.4 Å². The van der Waals surface area contributed by atoms with E-state index in [-0.39, 0.29) is 6.42 Å². The van der Waals surface area contributed by atoms with E-state index in [1.807, 2.05) is 19.9 Å². The number of aryl methyl sites for hydroxylation is 2. The molecular formula is C12H14ClNO3. The summed E-state index contributed by atoms with van der Waals surface area (Å²) < 4.78 is 4.41. The predicted octanol–water partition coefficient (Wildman–Crippen LogP) is 2.46. The second kappa shape index (κ2) is 5.68. The maximum Gasteiger partial charge on any atom is 0.315 e. The van der Waals surface area contributed by atoms with Crippen molar-refractivity contribution in [1.82, 2.24) is 0 Å². The molecule has 5 heteroatoms. The lowest BCUT2D eigenvalue weighted by atomic mass is 10.1. The summed E-state index contributed by atoms with van der Waals surface area (Å²) in [7, 11) is 1.24. The van der Waals surface area contributed by atoms with E-state index in [9.17, 15) is 9.59 Å². The van der Waals surface area contributed by atoms with Crippen LogP contribution in [0, 0.1) is 13.8 Å². The van der Waals surface area contributed by atoms with Gasteiger partial charge in [-0.05, 0) is 31.0 Å². The van der Waals surface area contributed by atoms with Gasteiger partial charge in [0, 0.05) is 0 Å². The molecule has 0 heterocycles. The Labute approximate surface area is 105 Å². The molecule has 0 bridgehead atoms. The van der Waals surface area contributed by atoms with Crippen molar-refractivity contribution < 1.29 is 14.3 Å². The van der Waals surface area contributed by atoms with Gasteiger partial charge in [-0.25, -0.2) is 0 Å². The molecule has 1 amide bonds. The SMILES string of the molecule is COC(=O)CC(=O)Nc1c(C)cc(C)cc1Cl. The third kappa shape index (κ3) is 3.75. The van der Waals surface area contributed by atoms with Crippen LogP contribution in [0.5, 0.6) is 0 Å². The Bertz CT molecular complexity index is 434. The zero-order valence-corrected chi connectivity index (χ0v) is 10.7. The van der Waals surface area contributed by atoms with Crippen LogP contribution in [0.25, 0.3) is 0 Å². The molecule has 1 aromatic rings. The second-order valence-electron chi connectivity index (χ2n) is 3.74. The van der Waals surface area contributed by atoms with E-state index in [2.05, 4.69) is 10.1 Å². The number of amides is 1. The molecule has 4 nitrogen and oxygen atoms in total. The van der Waals surface area contributed by atoms with Gasteiger partial charge in [0.15, 0.2) is 0 Å². The summed E-state index contributed by atoms with van der Waals surface area (Å²) in [5.41, 5.74) is 2.40. The Hall–Kier alpha value is -1.55. The number of anilines is 1. The minimum Gasteiger partial charge on any atom is -0.469 e. The topological polar surface area (TPSA) is 55.4 Å². The second-order valence-corrected chi connectivity index (χ2v) is 4.15. The van der Waals surface area contributed by atoms with Gasteiger partial charge in [-0.3, -0.25) is 9.59 Å². The number of halogens is 1. The number of methoxy groups -OCH3 is 1. The van der Waals surface area contributed by atoms with Crippen molar-refractivity contribution >= 4 is 29.2 Å². The number of carbonyl (C=O) groups excluding carboxylic acids is 2. The number of ether oxygens (including phenoxy) is 1. The Morgan fingerprint density at radius 3 is 2.53 bits per heavy atom. The zero-order valence-electron chi connectivity index (χ0n) is 9.96. The molecule has 0 spiro atoms. The van der Waals surface area contributed by atoms with Gasteiger partial charge in [-0.15, -0.1) is 0 Å². The molecule has 1 N–H and O–H groups in total. The van der Waals surface area contributed by atoms with Crippen molar-refractivity contribution in [2.24, 2.45) is 0 Å². The van der Waals surface area contributed by atoms with Crippen LogP contribution >= 0.6 is 11.6 Å². The predicted molar refractivity (Wildman–Crippen MR) is 66.2 cm³/mol. The van der Waals surface area contributed by atoms with Crippen LogP contribution in [0.1, 0.15) is 17.5 Å². The van der Waals surface area contributed by atoms with E-state index in [0.29, 0.717) is 10.7 Å². The number of esters is 1. The van der Waals surface area contributed by atoms with Gasteiger partial charge in [-0.1, -0.05) is 17.7 Å². The number of nitrogens with one attached hydrogen (secondary N) is 1. The summed E-state index contributed by atoms with van der Waals surface area (Å²) in [6.45, 7) is 3.76. The summed E-state index contributed by atoms with van der Waals surface area (Å²) in [6.07, 6.45) is -0.319. The molecule has 1 rings (SSSR count). The standard InChI is InChI=1S/C12H14ClNO3/c1-7-4-8(2)12(9(13)5-7)14-10(15)6-11(16)17-3/h4-5H,6H2,1-3H3,(H,14,15). The van der Waals surface area contributed by atoms with E-state index >= 15 is 0 Å². The van der Waals surface area contributed by atoms with Gasteiger partial charge in [0.2, 0.25) is 5.91 Å². The molecule has 1 aromatic carbocycles. The Kier molecular flexibility index (Phi) is 4.52. The van der Waals surface area contributed by atoms with E-state index in [0.717, 1.165) is 11.1 Å². The maximum atomic E-state index is 11.5. The molecule has 0 unspecified atom stereocenters. The van der Waals surface area contributed by atoms with Crippen LogP contribution in [0.4, 0.5) is 5.69 Å². The van der Waals surface area contributed by atoms with E-state index in [1.165, 1.54) is 7.11 Å². The zero-order chi connectivity index (χ0) is 13.0. The monoisotopic (exact) mass is 255 g/mol. The van der Waals surface area contributed by atoms with Crippen molar-refractivity contribution in [3.05, 3.63) is 28.3 Å². The molecule has 0 radical (unpaired) electrons. The average molecular weight is 256 g/mol. The molecule has 0 aromatic heterocycles. The number of rotatable bonds is 3. The molecule has 17 heavy (non-hydrogen) atoms. The quantitative estimate of drug-likeness (QED) is 0.667. The fourth-order valence-electron chi connectivity index (χ4n) is 1.46. The summed E-state index contributed by atoms with van der Waals surface area (Å²) in [6, 6.07) is 3.65. The van der Waals surface area contributed by atoms with Crippen LogP contribution in [0.3, 0.4) is 0 Å². The first-order valence-electron chi connectivity index (χ1n) is 5.07. The van der Waals surface area contributed by atoms with Gasteiger partial charge < -0.3 is 10.1 Å². The Balaban J connectivity index is 2.82. The smallest absolute Gasteiger partial charge is 0.315 e. The summed E-state index contributed by atoms with van der Waals surface area (Å²) in [5, 5.41) is 3.06. The average Bonchev–Trinajstić information content (AvgIpc) is 2.23. The largest absolute Gasteiger partial charge is 0.469 e. The summed E-state index contributed by atoms with van der Waals surface area (Å²) in [4.78, 5) is 22.4. The molecule has 0 saturated heterocycles. The molecule has 0 saturated carbocycles. The molecule has 92 valence electrons. The molecule has 0 atom stereocenters. The highest BCUT2D eigenvalue weighted by atomic mass is 35.5. The molecule has 0 aliphatic heterocycles. The lowest BCUT2D eigenvalue weighted by Gasteiger charge is -2.11. The highest BCUT2D eigenvalue weighted by Crippen LogP contribution is 2.27. The van der Waals surface area contributed by atoms with Gasteiger partial charge in [0.05, 0.1) is 17.8 Å². The molecule has 0 aliphatic rings. The minimum absolute atomic E-state index is 0.319. The number of benzene rings is 1. The van der Waals surface area contributed by atoms with Crippen molar-refractivity contribution in [1.29, 1.82) is 0 Å². The lowest BCUT2D eigenvalue weighted by molar-refractivity contribution is -0.142. The lowest BCUT2D eigenvalue weighted by Crippen LogP contribution is -2.18. The first-order valence-corrected chi connectivity index (χ1v) is 5.45. The number of hydrogen-bond donors (Lipinski definition) is 1. The Morgan fingerprint density at radius 2 is 2.00 bits per heavy atom. The highest BCUT2D eigenvalue weighted by molar-refractivity contribution is 6.34. The fourth-order valence-corrected chi connectivity index (χ4v) is 1.83. The number of carbonyl (C=O) groups is 2. The molecule has 0 fully saturated rings. The minimum atomic E-state index is -0.580. The first kappa shape index (κ1) is 13.5. The van der Waals surface area contributed by atoms with Crippen molar-refractivity contribution in [3.63, 3.8) is 0 Å². The van der Waals surface area contributed by atoms with Crippen LogP contribution in [0.2, 0.25) is 5.02 Å². The van der Waals surface area contributed by atoms with E-state index < -0.39 is 11.9 Å².